The molecule has 1 saturated carbocycles. The quantitative estimate of drug-likeness (QED) is 0.507. The van der Waals surface area contributed by atoms with Gasteiger partial charge < -0.3 is 5.32 Å². The Labute approximate surface area is 82.6 Å². The normalized spacial score (nSPS) is 33.5. The van der Waals surface area contributed by atoms with Crippen LogP contribution in [0.4, 0.5) is 0 Å². The van der Waals surface area contributed by atoms with Crippen molar-refractivity contribution in [2.45, 2.75) is 51.5 Å². The Balaban J connectivity index is 2.27. The van der Waals surface area contributed by atoms with Gasteiger partial charge in [0.15, 0.2) is 0 Å². The van der Waals surface area contributed by atoms with E-state index in [1.54, 1.807) is 0 Å². The fourth-order valence-corrected chi connectivity index (χ4v) is 2.47. The highest BCUT2D eigenvalue weighted by Crippen LogP contribution is 2.41. The molecule has 0 aromatic carbocycles. The third kappa shape index (κ3) is 3.15. The molecule has 1 heteroatoms. The average Bonchev–Trinajstić information content (AvgIpc) is 2.49. The maximum atomic E-state index is 3.77. The molecule has 0 heterocycles. The van der Waals surface area contributed by atoms with Crippen molar-refractivity contribution in [2.24, 2.45) is 5.41 Å². The molecule has 0 aliphatic heterocycles. The molecule has 1 fully saturated rings. The van der Waals surface area contributed by atoms with Gasteiger partial charge in [-0.15, -0.1) is 6.58 Å². The van der Waals surface area contributed by atoms with Crippen molar-refractivity contribution < 1.29 is 0 Å². The van der Waals surface area contributed by atoms with Crippen molar-refractivity contribution >= 4 is 0 Å². The third-order valence-corrected chi connectivity index (χ3v) is 3.43. The maximum Gasteiger partial charge on any atom is 0.00694 e. The average molecular weight is 181 g/mol. The Kier molecular flexibility index (Phi) is 3.98. The fraction of sp³-hybridized carbons (Fsp3) is 0.833. The summed E-state index contributed by atoms with van der Waals surface area (Å²) in [5.41, 5.74) is 0.608. The second-order valence-electron chi connectivity index (χ2n) is 4.72. The Morgan fingerprint density at radius 1 is 1.62 bits per heavy atom. The molecule has 0 aromatic rings. The first kappa shape index (κ1) is 10.8. The van der Waals surface area contributed by atoms with E-state index in [1.165, 1.54) is 38.5 Å². The summed E-state index contributed by atoms with van der Waals surface area (Å²) in [6.07, 6.45) is 10.0. The largest absolute Gasteiger partial charge is 0.317 e. The van der Waals surface area contributed by atoms with Gasteiger partial charge in [0.1, 0.15) is 0 Å². The first-order valence-electron chi connectivity index (χ1n) is 5.48. The zero-order valence-corrected chi connectivity index (χ0v) is 9.10. The number of hydrogen-bond donors (Lipinski definition) is 1. The summed E-state index contributed by atoms with van der Waals surface area (Å²) in [6.45, 7) is 6.20. The van der Waals surface area contributed by atoms with Crippen LogP contribution in [-0.2, 0) is 0 Å². The van der Waals surface area contributed by atoms with E-state index in [-0.39, 0.29) is 0 Å². The first-order chi connectivity index (χ1) is 6.20. The predicted molar refractivity (Wildman–Crippen MR) is 58.9 cm³/mol. The highest BCUT2D eigenvalue weighted by Gasteiger charge is 2.33. The van der Waals surface area contributed by atoms with Crippen molar-refractivity contribution in [1.29, 1.82) is 0 Å². The van der Waals surface area contributed by atoms with Crippen molar-refractivity contribution in [3.63, 3.8) is 0 Å². The Hall–Kier alpha value is -0.300. The monoisotopic (exact) mass is 181 g/mol. The van der Waals surface area contributed by atoms with Crippen molar-refractivity contribution in [3.05, 3.63) is 12.7 Å². The molecule has 1 aliphatic rings. The smallest absolute Gasteiger partial charge is 0.00694 e. The molecule has 0 spiro atoms. The van der Waals surface area contributed by atoms with Gasteiger partial charge in [0.25, 0.3) is 0 Å². The minimum absolute atomic E-state index is 0.608. The highest BCUT2D eigenvalue weighted by atomic mass is 14.9. The van der Waals surface area contributed by atoms with E-state index in [0.717, 1.165) is 6.04 Å². The summed E-state index contributed by atoms with van der Waals surface area (Å²) in [4.78, 5) is 0. The van der Waals surface area contributed by atoms with Gasteiger partial charge in [-0.3, -0.25) is 0 Å². The standard InChI is InChI=1S/C12H23N/c1-4-5-6-8-12(2)9-7-11(10-12)13-3/h4,11,13H,1,5-10H2,2-3H3. The molecule has 76 valence electrons. The summed E-state index contributed by atoms with van der Waals surface area (Å²) in [7, 11) is 2.08. The van der Waals surface area contributed by atoms with Gasteiger partial charge in [-0.25, -0.2) is 0 Å². The van der Waals surface area contributed by atoms with E-state index in [1.807, 2.05) is 6.08 Å². The van der Waals surface area contributed by atoms with Gasteiger partial charge in [-0.2, -0.15) is 0 Å². The SMILES string of the molecule is C=CCCCC1(C)CCC(NC)C1. The van der Waals surface area contributed by atoms with E-state index in [9.17, 15) is 0 Å². The van der Waals surface area contributed by atoms with Crippen LogP contribution in [-0.4, -0.2) is 13.1 Å². The Bertz CT molecular complexity index is 165. The number of hydrogen-bond acceptors (Lipinski definition) is 1. The summed E-state index contributed by atoms with van der Waals surface area (Å²) in [5, 5.41) is 3.39. The van der Waals surface area contributed by atoms with Crippen LogP contribution < -0.4 is 5.32 Å². The van der Waals surface area contributed by atoms with E-state index in [0.29, 0.717) is 5.41 Å². The molecule has 0 radical (unpaired) electrons. The molecule has 0 amide bonds. The van der Waals surface area contributed by atoms with E-state index in [2.05, 4.69) is 25.9 Å². The van der Waals surface area contributed by atoms with Crippen LogP contribution in [0.25, 0.3) is 0 Å². The van der Waals surface area contributed by atoms with E-state index < -0.39 is 0 Å². The summed E-state index contributed by atoms with van der Waals surface area (Å²) in [6, 6.07) is 0.772. The summed E-state index contributed by atoms with van der Waals surface area (Å²) >= 11 is 0. The second kappa shape index (κ2) is 4.80. The highest BCUT2D eigenvalue weighted by molar-refractivity contribution is 4.89. The molecular weight excluding hydrogens is 158 g/mol. The van der Waals surface area contributed by atoms with Crippen LogP contribution in [0.2, 0.25) is 0 Å². The Morgan fingerprint density at radius 2 is 2.38 bits per heavy atom. The van der Waals surface area contributed by atoms with Gasteiger partial charge >= 0.3 is 0 Å². The lowest BCUT2D eigenvalue weighted by atomic mass is 9.83. The lowest BCUT2D eigenvalue weighted by molar-refractivity contribution is 0.292. The van der Waals surface area contributed by atoms with E-state index >= 15 is 0 Å². The zero-order chi connectivity index (χ0) is 9.73. The summed E-state index contributed by atoms with van der Waals surface area (Å²) < 4.78 is 0. The van der Waals surface area contributed by atoms with Gasteiger partial charge in [0, 0.05) is 6.04 Å². The minimum atomic E-state index is 0.608. The van der Waals surface area contributed by atoms with Crippen LogP contribution in [0.1, 0.15) is 45.4 Å². The minimum Gasteiger partial charge on any atom is -0.317 e. The second-order valence-corrected chi connectivity index (χ2v) is 4.72. The molecule has 0 aromatic heterocycles. The third-order valence-electron chi connectivity index (χ3n) is 3.43. The number of allylic oxidation sites excluding steroid dienone is 1. The first-order valence-corrected chi connectivity index (χ1v) is 5.48. The van der Waals surface area contributed by atoms with Crippen LogP contribution in [0, 0.1) is 5.41 Å². The topological polar surface area (TPSA) is 12.0 Å². The number of rotatable bonds is 5. The van der Waals surface area contributed by atoms with Gasteiger partial charge in [0.05, 0.1) is 0 Å². The van der Waals surface area contributed by atoms with Crippen LogP contribution >= 0.6 is 0 Å². The molecule has 1 aliphatic carbocycles. The van der Waals surface area contributed by atoms with Crippen LogP contribution in [0.3, 0.4) is 0 Å². The zero-order valence-electron chi connectivity index (χ0n) is 9.10. The molecule has 2 unspecified atom stereocenters. The Morgan fingerprint density at radius 3 is 2.92 bits per heavy atom. The van der Waals surface area contributed by atoms with E-state index in [4.69, 9.17) is 0 Å². The molecule has 0 bridgehead atoms. The summed E-state index contributed by atoms with van der Waals surface area (Å²) in [5.74, 6) is 0. The van der Waals surface area contributed by atoms with Gasteiger partial charge in [0.2, 0.25) is 0 Å². The predicted octanol–water partition coefficient (Wildman–Crippen LogP) is 3.12. The van der Waals surface area contributed by atoms with Crippen molar-refractivity contribution in [1.82, 2.24) is 5.32 Å². The lowest BCUT2D eigenvalue weighted by Gasteiger charge is -2.23. The maximum absolute atomic E-state index is 3.77. The molecule has 1 rings (SSSR count). The molecular formula is C12H23N. The van der Waals surface area contributed by atoms with Crippen molar-refractivity contribution in [3.8, 4) is 0 Å². The lowest BCUT2D eigenvalue weighted by Crippen LogP contribution is -2.23. The van der Waals surface area contributed by atoms with Crippen molar-refractivity contribution in [2.75, 3.05) is 7.05 Å². The number of unbranched alkanes of at least 4 members (excludes halogenated alkanes) is 1. The van der Waals surface area contributed by atoms with Gasteiger partial charge in [-0.1, -0.05) is 13.0 Å². The fourth-order valence-electron chi connectivity index (χ4n) is 2.47. The molecule has 1 N–H and O–H groups in total. The molecule has 0 saturated heterocycles. The van der Waals surface area contributed by atoms with Crippen LogP contribution in [0.5, 0.6) is 0 Å². The number of nitrogens with one attached hydrogen (secondary N) is 1. The molecule has 1 nitrogen and oxygen atoms in total. The van der Waals surface area contributed by atoms with Gasteiger partial charge in [-0.05, 0) is 51.0 Å². The van der Waals surface area contributed by atoms with Crippen LogP contribution in [0.15, 0.2) is 12.7 Å². The molecule has 13 heavy (non-hydrogen) atoms. The molecule has 2 atom stereocenters.